The molecule has 1 rings (SSSR count). The number of amides is 1. The van der Waals surface area contributed by atoms with Crippen LogP contribution in [-0.2, 0) is 14.3 Å². The molecule has 0 radical (unpaired) electrons. The number of carboxylic acids is 1. The average Bonchev–Trinajstić information content (AvgIpc) is 2.56. The lowest BCUT2D eigenvalue weighted by Gasteiger charge is -2.00. The van der Waals surface area contributed by atoms with E-state index < -0.39 is 18.5 Å². The van der Waals surface area contributed by atoms with Gasteiger partial charge in [0.05, 0.1) is 0 Å². The fraction of sp³-hybridized carbons (Fsp3) is 0.286. The number of carbonyl (C=O) groups excluding carboxylic acids is 1. The highest BCUT2D eigenvalue weighted by molar-refractivity contribution is 5.90. The summed E-state index contributed by atoms with van der Waals surface area (Å²) in [4.78, 5) is 21.0. The minimum absolute atomic E-state index is 0.258. The molecule has 0 spiro atoms. The number of rotatable bonds is 5. The van der Waals surface area contributed by atoms with Gasteiger partial charge in [-0.3, -0.25) is 4.79 Å². The minimum atomic E-state index is -1.13. The van der Waals surface area contributed by atoms with Gasteiger partial charge in [0.2, 0.25) is 0 Å². The maximum absolute atomic E-state index is 11.0. The van der Waals surface area contributed by atoms with Crippen LogP contribution in [0.4, 0.5) is 5.82 Å². The van der Waals surface area contributed by atoms with Crippen molar-refractivity contribution in [1.29, 1.82) is 0 Å². The Morgan fingerprint density at radius 2 is 2.36 bits per heavy atom. The molecule has 1 heterocycles. The average molecular weight is 200 g/mol. The van der Waals surface area contributed by atoms with Crippen LogP contribution in [-0.4, -0.2) is 35.4 Å². The third-order valence-electron chi connectivity index (χ3n) is 1.16. The molecular weight excluding hydrogens is 192 g/mol. The van der Waals surface area contributed by atoms with Gasteiger partial charge in [0.1, 0.15) is 19.5 Å². The molecule has 0 aliphatic carbocycles. The van der Waals surface area contributed by atoms with Crippen molar-refractivity contribution in [3.8, 4) is 0 Å². The van der Waals surface area contributed by atoms with Crippen LogP contribution in [0.1, 0.15) is 0 Å². The largest absolute Gasteiger partial charge is 0.480 e. The van der Waals surface area contributed by atoms with Crippen molar-refractivity contribution in [3.05, 3.63) is 12.3 Å². The topological polar surface area (TPSA) is 102 Å². The van der Waals surface area contributed by atoms with E-state index in [2.05, 4.69) is 19.7 Å². The molecule has 0 atom stereocenters. The van der Waals surface area contributed by atoms with Crippen molar-refractivity contribution < 1.29 is 24.0 Å². The number of aromatic nitrogens is 1. The number of ether oxygens (including phenoxy) is 1. The molecule has 7 heteroatoms. The molecule has 0 saturated carbocycles. The Bertz CT molecular complexity index is 308. The summed E-state index contributed by atoms with van der Waals surface area (Å²) < 4.78 is 8.99. The second-order valence-electron chi connectivity index (χ2n) is 2.32. The molecule has 0 saturated heterocycles. The molecule has 0 aliphatic rings. The van der Waals surface area contributed by atoms with Gasteiger partial charge >= 0.3 is 5.97 Å². The highest BCUT2D eigenvalue weighted by Crippen LogP contribution is 1.99. The summed E-state index contributed by atoms with van der Waals surface area (Å²) in [6.07, 6.45) is 1.30. The monoisotopic (exact) mass is 200 g/mol. The summed E-state index contributed by atoms with van der Waals surface area (Å²) >= 11 is 0. The van der Waals surface area contributed by atoms with Crippen molar-refractivity contribution >= 4 is 17.7 Å². The summed E-state index contributed by atoms with van der Waals surface area (Å²) in [5.74, 6) is -1.35. The molecule has 0 aromatic carbocycles. The Labute approximate surface area is 78.6 Å². The predicted molar refractivity (Wildman–Crippen MR) is 43.6 cm³/mol. The third kappa shape index (κ3) is 3.68. The number of carboxylic acid groups (broad SMARTS) is 1. The van der Waals surface area contributed by atoms with Gasteiger partial charge in [-0.2, -0.15) is 0 Å². The Kier molecular flexibility index (Phi) is 3.62. The number of nitrogens with zero attached hydrogens (tertiary/aromatic N) is 1. The summed E-state index contributed by atoms with van der Waals surface area (Å²) in [5.41, 5.74) is 0. The lowest BCUT2D eigenvalue weighted by molar-refractivity contribution is -0.143. The number of hydrogen-bond acceptors (Lipinski definition) is 5. The van der Waals surface area contributed by atoms with Gasteiger partial charge in [-0.15, -0.1) is 0 Å². The van der Waals surface area contributed by atoms with E-state index in [1.54, 1.807) is 0 Å². The first kappa shape index (κ1) is 10.2. The van der Waals surface area contributed by atoms with E-state index in [-0.39, 0.29) is 12.4 Å². The molecule has 76 valence electrons. The van der Waals surface area contributed by atoms with Gasteiger partial charge in [-0.25, -0.2) is 4.79 Å². The molecule has 7 nitrogen and oxygen atoms in total. The highest BCUT2D eigenvalue weighted by atomic mass is 16.5. The van der Waals surface area contributed by atoms with Crippen molar-refractivity contribution in [3.63, 3.8) is 0 Å². The number of hydrogen-bond donors (Lipinski definition) is 2. The molecule has 1 aromatic rings. The number of anilines is 1. The number of aliphatic carboxylic acids is 1. The van der Waals surface area contributed by atoms with Crippen LogP contribution in [0, 0.1) is 0 Å². The summed E-state index contributed by atoms with van der Waals surface area (Å²) in [7, 11) is 0. The van der Waals surface area contributed by atoms with Crippen LogP contribution < -0.4 is 5.32 Å². The zero-order valence-corrected chi connectivity index (χ0v) is 7.10. The Balaban J connectivity index is 2.20. The zero-order chi connectivity index (χ0) is 10.4. The molecule has 1 amide bonds. The first-order chi connectivity index (χ1) is 6.68. The summed E-state index contributed by atoms with van der Waals surface area (Å²) in [6, 6.07) is 1.45. The summed E-state index contributed by atoms with van der Waals surface area (Å²) in [5, 5.41) is 14.0. The van der Waals surface area contributed by atoms with Crippen LogP contribution in [0.15, 0.2) is 16.9 Å². The standard InChI is InChI=1S/C7H8N2O5/c10-6(3-13-4-7(11)12)8-5-1-2-14-9-5/h1-2H,3-4H2,(H,11,12)(H,8,9,10). The van der Waals surface area contributed by atoms with Gasteiger partial charge < -0.3 is 19.7 Å². The van der Waals surface area contributed by atoms with E-state index in [1.807, 2.05) is 0 Å². The predicted octanol–water partition coefficient (Wildman–Crippen LogP) is -0.286. The van der Waals surface area contributed by atoms with Crippen molar-refractivity contribution in [2.24, 2.45) is 0 Å². The number of carbonyl (C=O) groups is 2. The quantitative estimate of drug-likeness (QED) is 0.677. The van der Waals surface area contributed by atoms with Crippen LogP contribution in [0.5, 0.6) is 0 Å². The van der Waals surface area contributed by atoms with E-state index in [0.717, 1.165) is 0 Å². The molecule has 14 heavy (non-hydrogen) atoms. The zero-order valence-electron chi connectivity index (χ0n) is 7.10. The van der Waals surface area contributed by atoms with E-state index >= 15 is 0 Å². The van der Waals surface area contributed by atoms with Gasteiger partial charge in [0.25, 0.3) is 5.91 Å². The lowest BCUT2D eigenvalue weighted by atomic mass is 10.5. The minimum Gasteiger partial charge on any atom is -0.480 e. The highest BCUT2D eigenvalue weighted by Gasteiger charge is 2.05. The van der Waals surface area contributed by atoms with Gasteiger partial charge in [-0.05, 0) is 0 Å². The molecular formula is C7H8N2O5. The SMILES string of the molecule is O=C(O)COCC(=O)Nc1ccon1. The van der Waals surface area contributed by atoms with Crippen molar-refractivity contribution in [2.45, 2.75) is 0 Å². The molecule has 0 aliphatic heterocycles. The first-order valence-electron chi connectivity index (χ1n) is 3.68. The molecule has 1 aromatic heterocycles. The van der Waals surface area contributed by atoms with E-state index in [4.69, 9.17) is 5.11 Å². The van der Waals surface area contributed by atoms with Gasteiger partial charge in [-0.1, -0.05) is 5.16 Å². The maximum Gasteiger partial charge on any atom is 0.329 e. The van der Waals surface area contributed by atoms with Crippen LogP contribution in [0.2, 0.25) is 0 Å². The van der Waals surface area contributed by atoms with Crippen molar-refractivity contribution in [1.82, 2.24) is 5.16 Å². The summed E-state index contributed by atoms with van der Waals surface area (Å²) in [6.45, 7) is -0.842. The van der Waals surface area contributed by atoms with Gasteiger partial charge in [0, 0.05) is 6.07 Å². The lowest BCUT2D eigenvalue weighted by Crippen LogP contribution is -2.20. The van der Waals surface area contributed by atoms with Crippen LogP contribution >= 0.6 is 0 Å². The van der Waals surface area contributed by atoms with E-state index in [0.29, 0.717) is 0 Å². The first-order valence-corrected chi connectivity index (χ1v) is 3.68. The Morgan fingerprint density at radius 1 is 1.57 bits per heavy atom. The van der Waals surface area contributed by atoms with Crippen molar-refractivity contribution in [2.75, 3.05) is 18.5 Å². The smallest absolute Gasteiger partial charge is 0.329 e. The third-order valence-corrected chi connectivity index (χ3v) is 1.16. The second kappa shape index (κ2) is 4.97. The van der Waals surface area contributed by atoms with Gasteiger partial charge in [0.15, 0.2) is 5.82 Å². The second-order valence-corrected chi connectivity index (χ2v) is 2.32. The fourth-order valence-electron chi connectivity index (χ4n) is 0.687. The van der Waals surface area contributed by atoms with E-state index in [1.165, 1.54) is 12.3 Å². The molecule has 0 unspecified atom stereocenters. The van der Waals surface area contributed by atoms with Crippen LogP contribution in [0.3, 0.4) is 0 Å². The maximum atomic E-state index is 11.0. The Morgan fingerprint density at radius 3 is 2.93 bits per heavy atom. The van der Waals surface area contributed by atoms with E-state index in [9.17, 15) is 9.59 Å². The fourth-order valence-corrected chi connectivity index (χ4v) is 0.687. The normalized spacial score (nSPS) is 9.71. The molecule has 2 N–H and O–H groups in total. The Hall–Kier alpha value is -1.89. The molecule has 0 fully saturated rings. The van der Waals surface area contributed by atoms with Crippen LogP contribution in [0.25, 0.3) is 0 Å². The number of nitrogens with one attached hydrogen (secondary N) is 1. The molecule has 0 bridgehead atoms.